The molecule has 5 nitrogen and oxygen atoms in total. The van der Waals surface area contributed by atoms with Crippen molar-refractivity contribution in [2.24, 2.45) is 5.16 Å². The Balaban J connectivity index is 2.61. The summed E-state index contributed by atoms with van der Waals surface area (Å²) < 4.78 is 5.06. The Morgan fingerprint density at radius 3 is 2.38 bits per heavy atom. The minimum atomic E-state index is -0.227. The highest BCUT2D eigenvalue weighted by Gasteiger charge is 2.16. The topological polar surface area (TPSA) is 62.1 Å². The standard InChI is InChI=1S/C15H22N2O3S/c1-4-17(5-2)10-11-21-15(18)14(16-19)12-6-8-13(20-3)9-7-12/h6-9,19H,4-5,10-11H2,1-3H3/b16-14+. The van der Waals surface area contributed by atoms with Crippen molar-refractivity contribution < 1.29 is 14.7 Å². The maximum Gasteiger partial charge on any atom is 0.241 e. The van der Waals surface area contributed by atoms with Crippen LogP contribution >= 0.6 is 11.8 Å². The average molecular weight is 310 g/mol. The number of oxime groups is 1. The highest BCUT2D eigenvalue weighted by atomic mass is 32.2. The van der Waals surface area contributed by atoms with E-state index in [1.54, 1.807) is 31.4 Å². The van der Waals surface area contributed by atoms with E-state index in [2.05, 4.69) is 23.9 Å². The smallest absolute Gasteiger partial charge is 0.241 e. The SMILES string of the molecule is CCN(CC)CCSC(=O)/C(=N/O)c1ccc(OC)cc1. The third-order valence-corrected chi connectivity index (χ3v) is 4.03. The van der Waals surface area contributed by atoms with Crippen LogP contribution in [0, 0.1) is 0 Å². The molecule has 0 amide bonds. The molecule has 0 atom stereocenters. The van der Waals surface area contributed by atoms with Crippen molar-refractivity contribution in [3.8, 4) is 5.75 Å². The van der Waals surface area contributed by atoms with Crippen molar-refractivity contribution >= 4 is 22.6 Å². The Morgan fingerprint density at radius 2 is 1.90 bits per heavy atom. The molecule has 0 saturated carbocycles. The second-order valence-corrected chi connectivity index (χ2v) is 5.41. The van der Waals surface area contributed by atoms with Gasteiger partial charge in [0.05, 0.1) is 7.11 Å². The number of methoxy groups -OCH3 is 1. The summed E-state index contributed by atoms with van der Waals surface area (Å²) in [7, 11) is 1.57. The maximum atomic E-state index is 12.1. The quantitative estimate of drug-likeness (QED) is 0.454. The second-order valence-electron chi connectivity index (χ2n) is 4.34. The van der Waals surface area contributed by atoms with Gasteiger partial charge < -0.3 is 14.8 Å². The number of ether oxygens (including phenoxy) is 1. The summed E-state index contributed by atoms with van der Waals surface area (Å²) in [5.41, 5.74) is 0.654. The van der Waals surface area contributed by atoms with Crippen LogP contribution in [0.3, 0.4) is 0 Å². The molecule has 1 rings (SSSR count). The molecular weight excluding hydrogens is 288 g/mol. The lowest BCUT2D eigenvalue weighted by atomic mass is 10.1. The molecule has 0 aromatic heterocycles. The number of nitrogens with zero attached hydrogens (tertiary/aromatic N) is 2. The lowest BCUT2D eigenvalue weighted by Gasteiger charge is -2.16. The van der Waals surface area contributed by atoms with Gasteiger partial charge in [0.15, 0.2) is 5.71 Å². The second kappa shape index (κ2) is 9.41. The molecular formula is C15H22N2O3S. The van der Waals surface area contributed by atoms with Crippen molar-refractivity contribution in [3.05, 3.63) is 29.8 Å². The predicted molar refractivity (Wildman–Crippen MR) is 86.6 cm³/mol. The van der Waals surface area contributed by atoms with Gasteiger partial charge in [-0.05, 0) is 37.4 Å². The molecule has 0 spiro atoms. The molecule has 0 aliphatic heterocycles. The summed E-state index contributed by atoms with van der Waals surface area (Å²) in [5, 5.41) is 12.0. The zero-order valence-corrected chi connectivity index (χ0v) is 13.5. The Kier molecular flexibility index (Phi) is 7.85. The van der Waals surface area contributed by atoms with Crippen LogP contribution in [0.25, 0.3) is 0 Å². The zero-order valence-electron chi connectivity index (χ0n) is 12.7. The van der Waals surface area contributed by atoms with E-state index in [1.807, 2.05) is 0 Å². The van der Waals surface area contributed by atoms with E-state index in [4.69, 9.17) is 9.94 Å². The van der Waals surface area contributed by atoms with E-state index >= 15 is 0 Å². The van der Waals surface area contributed by atoms with Gasteiger partial charge in [0.25, 0.3) is 0 Å². The van der Waals surface area contributed by atoms with Crippen LogP contribution in [0.15, 0.2) is 29.4 Å². The van der Waals surface area contributed by atoms with Gasteiger partial charge >= 0.3 is 0 Å². The number of rotatable bonds is 8. The molecule has 0 saturated heterocycles. The number of hydrogen-bond donors (Lipinski definition) is 1. The Bertz CT molecular complexity index is 470. The average Bonchev–Trinajstić information content (AvgIpc) is 2.53. The lowest BCUT2D eigenvalue weighted by molar-refractivity contribution is -0.105. The first-order valence-corrected chi connectivity index (χ1v) is 7.90. The molecule has 1 N–H and O–H groups in total. The number of hydrogen-bond acceptors (Lipinski definition) is 6. The fourth-order valence-corrected chi connectivity index (χ4v) is 2.67. The van der Waals surface area contributed by atoms with Crippen LogP contribution in [0.1, 0.15) is 19.4 Å². The van der Waals surface area contributed by atoms with Gasteiger partial charge in [0, 0.05) is 17.9 Å². The first-order chi connectivity index (χ1) is 10.2. The summed E-state index contributed by atoms with van der Waals surface area (Å²) in [6, 6.07) is 6.87. The van der Waals surface area contributed by atoms with Crippen LogP contribution in [-0.4, -0.2) is 53.4 Å². The van der Waals surface area contributed by atoms with E-state index in [-0.39, 0.29) is 10.8 Å². The highest BCUT2D eigenvalue weighted by Crippen LogP contribution is 2.15. The van der Waals surface area contributed by atoms with Crippen LogP contribution < -0.4 is 4.74 Å². The van der Waals surface area contributed by atoms with E-state index in [1.165, 1.54) is 11.8 Å². The van der Waals surface area contributed by atoms with Gasteiger partial charge in [0.1, 0.15) is 5.75 Å². The summed E-state index contributed by atoms with van der Waals surface area (Å²) in [4.78, 5) is 14.3. The first-order valence-electron chi connectivity index (χ1n) is 6.92. The molecule has 0 radical (unpaired) electrons. The Morgan fingerprint density at radius 1 is 1.29 bits per heavy atom. The number of thioether (sulfide) groups is 1. The van der Waals surface area contributed by atoms with E-state index in [0.29, 0.717) is 17.1 Å². The number of carbonyl (C=O) groups is 1. The van der Waals surface area contributed by atoms with E-state index in [0.717, 1.165) is 19.6 Å². The summed E-state index contributed by atoms with van der Waals surface area (Å²) in [5.74, 6) is 1.37. The van der Waals surface area contributed by atoms with Crippen molar-refractivity contribution in [3.63, 3.8) is 0 Å². The normalized spacial score (nSPS) is 11.7. The van der Waals surface area contributed by atoms with Gasteiger partial charge in [-0.15, -0.1) is 0 Å². The zero-order chi connectivity index (χ0) is 15.7. The van der Waals surface area contributed by atoms with Crippen molar-refractivity contribution in [2.75, 3.05) is 32.5 Å². The molecule has 0 aliphatic carbocycles. The van der Waals surface area contributed by atoms with E-state index in [9.17, 15) is 4.79 Å². The Hall–Kier alpha value is -1.53. The van der Waals surface area contributed by atoms with Gasteiger partial charge in [-0.2, -0.15) is 0 Å². The minimum absolute atomic E-state index is 0.0715. The molecule has 116 valence electrons. The molecule has 0 heterocycles. The molecule has 6 heteroatoms. The van der Waals surface area contributed by atoms with Crippen LogP contribution in [-0.2, 0) is 4.79 Å². The third kappa shape index (κ3) is 5.40. The maximum absolute atomic E-state index is 12.1. The molecule has 0 bridgehead atoms. The van der Waals surface area contributed by atoms with Crippen molar-refractivity contribution in [1.29, 1.82) is 0 Å². The van der Waals surface area contributed by atoms with Crippen LogP contribution in [0.5, 0.6) is 5.75 Å². The summed E-state index contributed by atoms with van der Waals surface area (Å²) in [6.07, 6.45) is 0. The molecule has 1 aromatic rings. The molecule has 1 aromatic carbocycles. The largest absolute Gasteiger partial charge is 0.497 e. The highest BCUT2D eigenvalue weighted by molar-refractivity contribution is 8.15. The summed E-state index contributed by atoms with van der Waals surface area (Å²) >= 11 is 1.17. The number of benzene rings is 1. The molecule has 0 unspecified atom stereocenters. The fraction of sp³-hybridized carbons (Fsp3) is 0.467. The minimum Gasteiger partial charge on any atom is -0.497 e. The Labute approximate surface area is 130 Å². The van der Waals surface area contributed by atoms with Gasteiger partial charge in [-0.1, -0.05) is 30.8 Å². The van der Waals surface area contributed by atoms with Gasteiger partial charge in [0.2, 0.25) is 5.12 Å². The van der Waals surface area contributed by atoms with Crippen molar-refractivity contribution in [1.82, 2.24) is 4.90 Å². The predicted octanol–water partition coefficient (Wildman–Crippen LogP) is 2.48. The van der Waals surface area contributed by atoms with Gasteiger partial charge in [-0.3, -0.25) is 4.79 Å². The van der Waals surface area contributed by atoms with E-state index < -0.39 is 0 Å². The number of carbonyl (C=O) groups excluding carboxylic acids is 1. The van der Waals surface area contributed by atoms with Crippen LogP contribution in [0.4, 0.5) is 0 Å². The fourth-order valence-electron chi connectivity index (χ4n) is 1.84. The first kappa shape index (κ1) is 17.5. The lowest BCUT2D eigenvalue weighted by Crippen LogP contribution is -2.26. The third-order valence-electron chi connectivity index (χ3n) is 3.19. The van der Waals surface area contributed by atoms with Crippen molar-refractivity contribution in [2.45, 2.75) is 13.8 Å². The molecule has 21 heavy (non-hydrogen) atoms. The molecule has 0 fully saturated rings. The summed E-state index contributed by atoms with van der Waals surface area (Å²) in [6.45, 7) is 6.95. The van der Waals surface area contributed by atoms with Gasteiger partial charge in [-0.25, -0.2) is 0 Å². The van der Waals surface area contributed by atoms with Crippen LogP contribution in [0.2, 0.25) is 0 Å². The monoisotopic (exact) mass is 310 g/mol. The molecule has 0 aliphatic rings.